The number of nitrogens with two attached hydrogens (primary N) is 1. The van der Waals surface area contributed by atoms with E-state index in [0.717, 1.165) is 69.9 Å². The summed E-state index contributed by atoms with van der Waals surface area (Å²) >= 11 is 1.97. The summed E-state index contributed by atoms with van der Waals surface area (Å²) in [4.78, 5) is 20.5. The molecule has 0 spiro atoms. The molecule has 0 bridgehead atoms. The average Bonchev–Trinajstić information content (AvgIpc) is 2.69. The van der Waals surface area contributed by atoms with Crippen molar-refractivity contribution in [2.45, 2.75) is 32.1 Å². The smallest absolute Gasteiger partial charge is 0.222 e. The van der Waals surface area contributed by atoms with Crippen LogP contribution in [0.5, 0.6) is 0 Å². The Bertz CT molecular complexity index is 342. The number of carbonyl (C=O) groups excluding carboxylic acids is 1. The van der Waals surface area contributed by atoms with Gasteiger partial charge >= 0.3 is 0 Å². The second-order valence-electron chi connectivity index (χ2n) is 5.38. The highest BCUT2D eigenvalue weighted by Gasteiger charge is 2.16. The predicted molar refractivity (Wildman–Crippen MR) is 85.1 cm³/mol. The maximum absolute atomic E-state index is 11.8. The molecule has 0 aromatic heterocycles. The highest BCUT2D eigenvalue weighted by molar-refractivity contribution is 7.99. The van der Waals surface area contributed by atoms with Crippen LogP contribution in [0.1, 0.15) is 32.1 Å². The zero-order valence-corrected chi connectivity index (χ0v) is 13.0. The van der Waals surface area contributed by atoms with Crippen molar-refractivity contribution in [2.24, 2.45) is 10.7 Å². The largest absolute Gasteiger partial charge is 0.370 e. The molecule has 2 fully saturated rings. The van der Waals surface area contributed by atoms with Gasteiger partial charge < -0.3 is 15.5 Å². The number of hydrogen-bond acceptors (Lipinski definition) is 3. The highest BCUT2D eigenvalue weighted by Crippen LogP contribution is 2.11. The lowest BCUT2D eigenvalue weighted by Gasteiger charge is -2.27. The molecule has 2 N–H and O–H groups in total. The van der Waals surface area contributed by atoms with Crippen LogP contribution in [0, 0.1) is 0 Å². The van der Waals surface area contributed by atoms with E-state index in [0.29, 0.717) is 11.9 Å². The molecule has 0 unspecified atom stereocenters. The summed E-state index contributed by atoms with van der Waals surface area (Å²) < 4.78 is 0. The normalized spacial score (nSPS) is 22.0. The Morgan fingerprint density at radius 1 is 1.20 bits per heavy atom. The molecular formula is C14H26N4OS. The number of nitrogens with zero attached hydrogens (tertiary/aromatic N) is 3. The van der Waals surface area contributed by atoms with Crippen LogP contribution in [-0.2, 0) is 4.79 Å². The Morgan fingerprint density at radius 3 is 2.80 bits per heavy atom. The fourth-order valence-corrected chi connectivity index (χ4v) is 3.53. The van der Waals surface area contributed by atoms with Crippen molar-refractivity contribution in [1.82, 2.24) is 9.80 Å². The van der Waals surface area contributed by atoms with E-state index in [-0.39, 0.29) is 0 Å². The fourth-order valence-electron chi connectivity index (χ4n) is 2.62. The van der Waals surface area contributed by atoms with Gasteiger partial charge in [-0.05, 0) is 19.3 Å². The van der Waals surface area contributed by atoms with Crippen LogP contribution >= 0.6 is 11.8 Å². The molecule has 0 atom stereocenters. The third-order valence-corrected chi connectivity index (χ3v) is 4.81. The van der Waals surface area contributed by atoms with Gasteiger partial charge in [-0.15, -0.1) is 0 Å². The summed E-state index contributed by atoms with van der Waals surface area (Å²) in [5, 5.41) is 0. The lowest BCUT2D eigenvalue weighted by Crippen LogP contribution is -2.42. The Morgan fingerprint density at radius 2 is 2.00 bits per heavy atom. The molecule has 20 heavy (non-hydrogen) atoms. The van der Waals surface area contributed by atoms with Gasteiger partial charge in [0, 0.05) is 50.7 Å². The molecule has 0 radical (unpaired) electrons. The molecule has 2 heterocycles. The second kappa shape index (κ2) is 8.39. The van der Waals surface area contributed by atoms with Crippen LogP contribution in [0.15, 0.2) is 4.99 Å². The minimum absolute atomic E-state index is 0.313. The van der Waals surface area contributed by atoms with Crippen LogP contribution in [0.2, 0.25) is 0 Å². The fraction of sp³-hybridized carbons (Fsp3) is 0.857. The summed E-state index contributed by atoms with van der Waals surface area (Å²) in [6, 6.07) is 0. The number of hydrogen-bond donors (Lipinski definition) is 1. The number of carbonyl (C=O) groups is 1. The molecule has 2 rings (SSSR count). The molecule has 0 saturated carbocycles. The van der Waals surface area contributed by atoms with Gasteiger partial charge in [-0.1, -0.05) is 6.42 Å². The topological polar surface area (TPSA) is 61.9 Å². The monoisotopic (exact) mass is 298 g/mol. The molecule has 2 saturated heterocycles. The SMILES string of the molecule is NC(=NCCCN1CCCCCC1=O)N1CCSCC1. The maximum Gasteiger partial charge on any atom is 0.222 e. The highest BCUT2D eigenvalue weighted by atomic mass is 32.2. The van der Waals surface area contributed by atoms with E-state index in [4.69, 9.17) is 5.73 Å². The number of amides is 1. The van der Waals surface area contributed by atoms with Crippen molar-refractivity contribution in [2.75, 3.05) is 44.2 Å². The molecule has 114 valence electrons. The van der Waals surface area contributed by atoms with Crippen LogP contribution in [0.3, 0.4) is 0 Å². The van der Waals surface area contributed by atoms with Crippen molar-refractivity contribution in [1.29, 1.82) is 0 Å². The molecule has 0 aromatic carbocycles. The first-order valence-corrected chi connectivity index (χ1v) is 8.83. The number of thioether (sulfide) groups is 1. The number of guanidine groups is 1. The van der Waals surface area contributed by atoms with E-state index in [1.165, 1.54) is 6.42 Å². The zero-order chi connectivity index (χ0) is 14.2. The van der Waals surface area contributed by atoms with Gasteiger partial charge in [-0.25, -0.2) is 0 Å². The van der Waals surface area contributed by atoms with Gasteiger partial charge in [0.2, 0.25) is 5.91 Å². The number of likely N-dealkylation sites (tertiary alicyclic amines) is 1. The van der Waals surface area contributed by atoms with Gasteiger partial charge in [0.1, 0.15) is 0 Å². The summed E-state index contributed by atoms with van der Waals surface area (Å²) in [7, 11) is 0. The molecule has 2 aliphatic heterocycles. The van der Waals surface area contributed by atoms with Crippen LogP contribution < -0.4 is 5.73 Å². The lowest BCUT2D eigenvalue weighted by atomic mass is 10.2. The number of aliphatic imine (C=N–C) groups is 1. The van der Waals surface area contributed by atoms with E-state index in [1.807, 2.05) is 16.7 Å². The predicted octanol–water partition coefficient (Wildman–Crippen LogP) is 1.14. The third kappa shape index (κ3) is 4.89. The molecule has 0 aromatic rings. The van der Waals surface area contributed by atoms with Crippen LogP contribution in [0.4, 0.5) is 0 Å². The van der Waals surface area contributed by atoms with Gasteiger partial charge in [0.05, 0.1) is 0 Å². The average molecular weight is 298 g/mol. The van der Waals surface area contributed by atoms with Crippen LogP contribution in [-0.4, -0.2) is 65.9 Å². The van der Waals surface area contributed by atoms with Crippen molar-refractivity contribution < 1.29 is 4.79 Å². The first-order valence-electron chi connectivity index (χ1n) is 7.68. The lowest BCUT2D eigenvalue weighted by molar-refractivity contribution is -0.130. The van der Waals surface area contributed by atoms with Crippen molar-refractivity contribution >= 4 is 23.6 Å². The second-order valence-corrected chi connectivity index (χ2v) is 6.61. The molecule has 1 amide bonds. The third-order valence-electron chi connectivity index (χ3n) is 3.87. The van der Waals surface area contributed by atoms with Gasteiger partial charge in [-0.2, -0.15) is 11.8 Å². The van der Waals surface area contributed by atoms with E-state index < -0.39 is 0 Å². The van der Waals surface area contributed by atoms with Gasteiger partial charge in [0.25, 0.3) is 0 Å². The van der Waals surface area contributed by atoms with Gasteiger partial charge in [0.15, 0.2) is 5.96 Å². The number of rotatable bonds is 4. The summed E-state index contributed by atoms with van der Waals surface area (Å²) in [6.45, 7) is 4.47. The minimum atomic E-state index is 0.313. The molecule has 2 aliphatic rings. The van der Waals surface area contributed by atoms with Crippen LogP contribution in [0.25, 0.3) is 0 Å². The first kappa shape index (κ1) is 15.5. The standard InChI is InChI=1S/C14H26N4OS/c15-14(18-9-11-20-12-10-18)16-6-4-8-17-7-3-1-2-5-13(17)19/h1-12H2,(H2,15,16). The van der Waals surface area contributed by atoms with Crippen molar-refractivity contribution in [3.05, 3.63) is 0 Å². The van der Waals surface area contributed by atoms with Gasteiger partial charge in [-0.3, -0.25) is 9.79 Å². The first-order chi connectivity index (χ1) is 9.77. The molecular weight excluding hydrogens is 272 g/mol. The maximum atomic E-state index is 11.8. The van der Waals surface area contributed by atoms with Crippen molar-refractivity contribution in [3.63, 3.8) is 0 Å². The summed E-state index contributed by atoms with van der Waals surface area (Å²) in [5.74, 6) is 3.26. The van der Waals surface area contributed by atoms with E-state index in [9.17, 15) is 4.79 Å². The van der Waals surface area contributed by atoms with E-state index in [2.05, 4.69) is 9.89 Å². The molecule has 6 heteroatoms. The Kier molecular flexibility index (Phi) is 6.50. The summed E-state index contributed by atoms with van der Waals surface area (Å²) in [6.07, 6.45) is 5.00. The molecule has 0 aliphatic carbocycles. The molecule has 5 nitrogen and oxygen atoms in total. The minimum Gasteiger partial charge on any atom is -0.370 e. The quantitative estimate of drug-likeness (QED) is 0.480. The zero-order valence-electron chi connectivity index (χ0n) is 12.2. The van der Waals surface area contributed by atoms with E-state index in [1.54, 1.807) is 0 Å². The Labute approximate surface area is 126 Å². The van der Waals surface area contributed by atoms with E-state index >= 15 is 0 Å². The Balaban J connectivity index is 1.67. The van der Waals surface area contributed by atoms with Crippen molar-refractivity contribution in [3.8, 4) is 0 Å². The summed E-state index contributed by atoms with van der Waals surface area (Å²) in [5.41, 5.74) is 6.01. The Hall–Kier alpha value is -0.910.